The lowest BCUT2D eigenvalue weighted by Crippen LogP contribution is -2.43. The third-order valence-corrected chi connectivity index (χ3v) is 4.96. The molecule has 0 bridgehead atoms. The highest BCUT2D eigenvalue weighted by Crippen LogP contribution is 2.37. The van der Waals surface area contributed by atoms with Crippen molar-refractivity contribution in [3.8, 4) is 5.75 Å². The van der Waals surface area contributed by atoms with Crippen molar-refractivity contribution in [2.24, 2.45) is 0 Å². The molecule has 27 heavy (non-hydrogen) atoms. The zero-order chi connectivity index (χ0) is 18.8. The fourth-order valence-electron chi connectivity index (χ4n) is 3.57. The topological polar surface area (TPSA) is 67.9 Å². The Morgan fingerprint density at radius 3 is 2.81 bits per heavy atom. The van der Waals surface area contributed by atoms with E-state index in [0.717, 1.165) is 36.4 Å². The molecule has 1 atom stereocenters. The first-order valence-electron chi connectivity index (χ1n) is 9.20. The third-order valence-electron chi connectivity index (χ3n) is 4.96. The number of anilines is 2. The van der Waals surface area contributed by atoms with E-state index >= 15 is 0 Å². The van der Waals surface area contributed by atoms with Gasteiger partial charge in [0, 0.05) is 6.54 Å². The van der Waals surface area contributed by atoms with Crippen LogP contribution >= 0.6 is 0 Å². The number of amides is 1. The van der Waals surface area contributed by atoms with Crippen molar-refractivity contribution in [3.63, 3.8) is 0 Å². The Bertz CT molecular complexity index is 863. The van der Waals surface area contributed by atoms with Crippen LogP contribution in [-0.2, 0) is 9.53 Å². The number of aryl methyl sites for hydroxylation is 1. The van der Waals surface area contributed by atoms with E-state index in [1.807, 2.05) is 37.3 Å². The van der Waals surface area contributed by atoms with Gasteiger partial charge in [-0.1, -0.05) is 17.7 Å². The third kappa shape index (κ3) is 3.60. The summed E-state index contributed by atoms with van der Waals surface area (Å²) < 4.78 is 10.8. The molecule has 1 fully saturated rings. The molecular weight excluding hydrogens is 344 g/mol. The predicted octanol–water partition coefficient (Wildman–Crippen LogP) is 3.15. The van der Waals surface area contributed by atoms with Gasteiger partial charge in [-0.3, -0.25) is 4.79 Å². The minimum Gasteiger partial charge on any atom is -0.490 e. The Hall–Kier alpha value is -3.02. The quantitative estimate of drug-likeness (QED) is 0.650. The molecule has 2 heterocycles. The van der Waals surface area contributed by atoms with E-state index < -0.39 is 5.97 Å². The van der Waals surface area contributed by atoms with Crippen LogP contribution in [0.1, 0.15) is 28.8 Å². The molecule has 0 unspecified atom stereocenters. The monoisotopic (exact) mass is 366 g/mol. The first-order valence-corrected chi connectivity index (χ1v) is 9.20. The number of benzene rings is 2. The van der Waals surface area contributed by atoms with Crippen LogP contribution in [0, 0.1) is 6.92 Å². The fourth-order valence-corrected chi connectivity index (χ4v) is 3.57. The van der Waals surface area contributed by atoms with Crippen molar-refractivity contribution < 1.29 is 19.1 Å². The van der Waals surface area contributed by atoms with Gasteiger partial charge in [-0.15, -0.1) is 0 Å². The first kappa shape index (κ1) is 17.4. The molecule has 0 aromatic heterocycles. The number of nitrogens with one attached hydrogen (secondary N) is 1. The molecule has 2 aliphatic rings. The molecule has 1 saturated heterocycles. The summed E-state index contributed by atoms with van der Waals surface area (Å²) in [5, 5.41) is 2.91. The number of ether oxygens (including phenoxy) is 2. The molecule has 0 saturated carbocycles. The maximum absolute atomic E-state index is 12.3. The highest BCUT2D eigenvalue weighted by molar-refractivity contribution is 6.05. The van der Waals surface area contributed by atoms with Crippen molar-refractivity contribution in [1.29, 1.82) is 0 Å². The lowest BCUT2D eigenvalue weighted by Gasteiger charge is -2.33. The zero-order valence-electron chi connectivity index (χ0n) is 15.2. The highest BCUT2D eigenvalue weighted by Gasteiger charge is 2.36. The molecule has 2 aromatic carbocycles. The Kier molecular flexibility index (Phi) is 4.71. The maximum Gasteiger partial charge on any atom is 0.338 e. The van der Waals surface area contributed by atoms with Crippen molar-refractivity contribution in [2.75, 3.05) is 30.0 Å². The molecule has 1 amide bonds. The number of fused-ring (bicyclic) bond motifs is 3. The first-order chi connectivity index (χ1) is 13.1. The SMILES string of the molecule is Cc1ccc(OCCOC(=O)c2ccc3c(c2)NC(=O)[C@@H]2CCCN32)cc1. The summed E-state index contributed by atoms with van der Waals surface area (Å²) in [6, 6.07) is 12.9. The standard InChI is InChI=1S/C21H22N2O4/c1-14-4-7-16(8-5-14)26-11-12-27-21(25)15-6-9-18-17(13-15)22-20(24)19-3-2-10-23(18)19/h4-9,13,19H,2-3,10-12H2,1H3,(H,22,24)/t19-/m0/s1. The average Bonchev–Trinajstić information content (AvgIpc) is 3.17. The van der Waals surface area contributed by atoms with Gasteiger partial charge in [-0.2, -0.15) is 0 Å². The Balaban J connectivity index is 1.35. The predicted molar refractivity (Wildman–Crippen MR) is 102 cm³/mol. The van der Waals surface area contributed by atoms with Crippen molar-refractivity contribution in [1.82, 2.24) is 0 Å². The van der Waals surface area contributed by atoms with E-state index in [-0.39, 0.29) is 25.2 Å². The fraction of sp³-hybridized carbons (Fsp3) is 0.333. The molecule has 0 radical (unpaired) electrons. The van der Waals surface area contributed by atoms with E-state index in [1.165, 1.54) is 0 Å². The molecule has 4 rings (SSSR count). The summed E-state index contributed by atoms with van der Waals surface area (Å²) in [5.41, 5.74) is 3.22. The smallest absolute Gasteiger partial charge is 0.338 e. The second-order valence-electron chi connectivity index (χ2n) is 6.87. The summed E-state index contributed by atoms with van der Waals surface area (Å²) in [7, 11) is 0. The number of rotatable bonds is 5. The van der Waals surface area contributed by atoms with Gasteiger partial charge in [0.2, 0.25) is 5.91 Å². The molecule has 6 heteroatoms. The second kappa shape index (κ2) is 7.31. The average molecular weight is 366 g/mol. The van der Waals surface area contributed by atoms with Crippen molar-refractivity contribution in [2.45, 2.75) is 25.8 Å². The van der Waals surface area contributed by atoms with Crippen LogP contribution in [0.3, 0.4) is 0 Å². The van der Waals surface area contributed by atoms with Gasteiger partial charge >= 0.3 is 5.97 Å². The van der Waals surface area contributed by atoms with Gasteiger partial charge in [-0.25, -0.2) is 4.79 Å². The normalized spacial score (nSPS) is 17.7. The highest BCUT2D eigenvalue weighted by atomic mass is 16.6. The van der Waals surface area contributed by atoms with Gasteiger partial charge in [0.15, 0.2) is 0 Å². The molecular formula is C21H22N2O4. The van der Waals surface area contributed by atoms with Crippen molar-refractivity contribution >= 4 is 23.3 Å². The van der Waals surface area contributed by atoms with E-state index in [0.29, 0.717) is 11.3 Å². The summed E-state index contributed by atoms with van der Waals surface area (Å²) in [6.07, 6.45) is 1.87. The number of esters is 1. The number of nitrogens with zero attached hydrogens (tertiary/aromatic N) is 1. The maximum atomic E-state index is 12.3. The van der Waals surface area contributed by atoms with E-state index in [4.69, 9.17) is 9.47 Å². The number of carbonyl (C=O) groups is 2. The van der Waals surface area contributed by atoms with E-state index in [1.54, 1.807) is 12.1 Å². The van der Waals surface area contributed by atoms with Crippen LogP contribution in [-0.4, -0.2) is 37.7 Å². The van der Waals surface area contributed by atoms with Crippen LogP contribution in [0.4, 0.5) is 11.4 Å². The minimum absolute atomic E-state index is 0.00276. The number of hydrogen-bond acceptors (Lipinski definition) is 5. The number of carbonyl (C=O) groups excluding carboxylic acids is 2. The van der Waals surface area contributed by atoms with Gasteiger partial charge in [0.1, 0.15) is 25.0 Å². The zero-order valence-corrected chi connectivity index (χ0v) is 15.2. The summed E-state index contributed by atoms with van der Waals surface area (Å²) >= 11 is 0. The van der Waals surface area contributed by atoms with E-state index in [9.17, 15) is 9.59 Å². The van der Waals surface area contributed by atoms with Crippen LogP contribution < -0.4 is 15.0 Å². The van der Waals surface area contributed by atoms with Crippen molar-refractivity contribution in [3.05, 3.63) is 53.6 Å². The second-order valence-corrected chi connectivity index (χ2v) is 6.87. The molecule has 0 aliphatic carbocycles. The molecule has 0 spiro atoms. The van der Waals surface area contributed by atoms with Crippen LogP contribution in [0.15, 0.2) is 42.5 Å². The van der Waals surface area contributed by atoms with Crippen LogP contribution in [0.25, 0.3) is 0 Å². The van der Waals surface area contributed by atoms with Gasteiger partial charge < -0.3 is 19.7 Å². The lowest BCUT2D eigenvalue weighted by molar-refractivity contribution is -0.117. The van der Waals surface area contributed by atoms with Gasteiger partial charge in [-0.05, 0) is 50.1 Å². The molecule has 2 aliphatic heterocycles. The largest absolute Gasteiger partial charge is 0.490 e. The van der Waals surface area contributed by atoms with Crippen LogP contribution in [0.2, 0.25) is 0 Å². The molecule has 140 valence electrons. The minimum atomic E-state index is -0.428. The van der Waals surface area contributed by atoms with Gasteiger partial charge in [0.05, 0.1) is 16.9 Å². The van der Waals surface area contributed by atoms with E-state index in [2.05, 4.69) is 10.2 Å². The molecule has 6 nitrogen and oxygen atoms in total. The summed E-state index contributed by atoms with van der Waals surface area (Å²) in [4.78, 5) is 26.6. The Labute approximate surface area is 158 Å². The summed E-state index contributed by atoms with van der Waals surface area (Å²) in [5.74, 6) is 0.313. The molecule has 2 aromatic rings. The number of hydrogen-bond donors (Lipinski definition) is 1. The Morgan fingerprint density at radius 1 is 1.19 bits per heavy atom. The molecule has 1 N–H and O–H groups in total. The summed E-state index contributed by atoms with van der Waals surface area (Å²) in [6.45, 7) is 3.32. The van der Waals surface area contributed by atoms with Gasteiger partial charge in [0.25, 0.3) is 0 Å². The Morgan fingerprint density at radius 2 is 2.00 bits per heavy atom. The lowest BCUT2D eigenvalue weighted by atomic mass is 10.1. The van der Waals surface area contributed by atoms with Crippen LogP contribution in [0.5, 0.6) is 5.75 Å².